The highest BCUT2D eigenvalue weighted by Crippen LogP contribution is 2.29. The van der Waals surface area contributed by atoms with E-state index in [4.69, 9.17) is 9.72 Å². The van der Waals surface area contributed by atoms with Crippen LogP contribution in [0.4, 0.5) is 0 Å². The molecule has 0 aliphatic heterocycles. The molecule has 2 heterocycles. The van der Waals surface area contributed by atoms with Crippen molar-refractivity contribution in [3.05, 3.63) is 109 Å². The number of ether oxygens (including phenoxy) is 1. The van der Waals surface area contributed by atoms with Crippen molar-refractivity contribution in [3.63, 3.8) is 0 Å². The second-order valence-corrected chi connectivity index (χ2v) is 7.52. The van der Waals surface area contributed by atoms with E-state index < -0.39 is 0 Å². The molecule has 5 aromatic rings. The fourth-order valence-corrected chi connectivity index (χ4v) is 3.82. The van der Waals surface area contributed by atoms with Gasteiger partial charge in [0, 0.05) is 23.9 Å². The molecule has 4 nitrogen and oxygen atoms in total. The fourth-order valence-electron chi connectivity index (χ4n) is 3.82. The summed E-state index contributed by atoms with van der Waals surface area (Å²) >= 11 is 0. The number of nitrogens with zero attached hydrogens (tertiary/aromatic N) is 3. The predicted molar refractivity (Wildman–Crippen MR) is 130 cm³/mol. The minimum absolute atomic E-state index is 0.678. The molecule has 0 amide bonds. The Hall–Kier alpha value is -4.18. The molecule has 0 unspecified atom stereocenters. The van der Waals surface area contributed by atoms with Gasteiger partial charge >= 0.3 is 0 Å². The van der Waals surface area contributed by atoms with E-state index in [9.17, 15) is 0 Å². The molecule has 2 aromatic heterocycles. The molecule has 5 rings (SSSR count). The summed E-state index contributed by atoms with van der Waals surface area (Å²) in [7, 11) is 1.68. The molecule has 32 heavy (non-hydrogen) atoms. The van der Waals surface area contributed by atoms with Crippen LogP contribution in [0.5, 0.6) is 5.75 Å². The second kappa shape index (κ2) is 8.90. The minimum Gasteiger partial charge on any atom is -0.497 e. The van der Waals surface area contributed by atoms with Crippen molar-refractivity contribution in [1.82, 2.24) is 14.5 Å². The van der Waals surface area contributed by atoms with Gasteiger partial charge in [0.1, 0.15) is 11.6 Å². The van der Waals surface area contributed by atoms with Gasteiger partial charge in [-0.25, -0.2) is 9.97 Å². The van der Waals surface area contributed by atoms with Crippen LogP contribution in [0.2, 0.25) is 0 Å². The fraction of sp³-hybridized carbons (Fsp3) is 0.0714. The maximum atomic E-state index is 5.44. The largest absolute Gasteiger partial charge is 0.497 e. The van der Waals surface area contributed by atoms with E-state index in [0.717, 1.165) is 39.4 Å². The van der Waals surface area contributed by atoms with Crippen LogP contribution >= 0.6 is 0 Å². The van der Waals surface area contributed by atoms with E-state index in [1.165, 1.54) is 5.56 Å². The Morgan fingerprint density at radius 2 is 1.56 bits per heavy atom. The van der Waals surface area contributed by atoms with E-state index in [2.05, 4.69) is 58.1 Å². The SMILES string of the molecule is COc1cccc(-c2nc3ncc(-c4ccccc4)cc3n2C/C=C/c2ccccc2)c1. The highest BCUT2D eigenvalue weighted by Gasteiger charge is 2.14. The van der Waals surface area contributed by atoms with Crippen LogP contribution in [0.25, 0.3) is 39.8 Å². The van der Waals surface area contributed by atoms with Crippen LogP contribution < -0.4 is 4.74 Å². The quantitative estimate of drug-likeness (QED) is 0.317. The number of rotatable bonds is 6. The molecule has 0 spiro atoms. The molecule has 0 radical (unpaired) electrons. The lowest BCUT2D eigenvalue weighted by Crippen LogP contribution is -1.99. The molecule has 0 aliphatic rings. The van der Waals surface area contributed by atoms with Gasteiger partial charge in [-0.1, -0.05) is 84.9 Å². The third kappa shape index (κ3) is 4.03. The lowest BCUT2D eigenvalue weighted by Gasteiger charge is -2.09. The Bertz CT molecular complexity index is 1370. The Labute approximate surface area is 187 Å². The average molecular weight is 418 g/mol. The molecule has 4 heteroatoms. The van der Waals surface area contributed by atoms with Crippen molar-refractivity contribution < 1.29 is 4.74 Å². The van der Waals surface area contributed by atoms with E-state index in [0.29, 0.717) is 6.54 Å². The van der Waals surface area contributed by atoms with Crippen LogP contribution in [0.1, 0.15) is 5.56 Å². The van der Waals surface area contributed by atoms with Crippen LogP contribution in [-0.2, 0) is 6.54 Å². The topological polar surface area (TPSA) is 39.9 Å². The van der Waals surface area contributed by atoms with Crippen molar-refractivity contribution in [2.24, 2.45) is 0 Å². The molecule has 0 saturated heterocycles. The van der Waals surface area contributed by atoms with Crippen molar-refractivity contribution in [3.8, 4) is 28.3 Å². The third-order valence-corrected chi connectivity index (χ3v) is 5.44. The number of methoxy groups -OCH3 is 1. The number of allylic oxidation sites excluding steroid dienone is 1. The summed E-state index contributed by atoms with van der Waals surface area (Å²) in [4.78, 5) is 9.57. The van der Waals surface area contributed by atoms with Gasteiger partial charge in [0.2, 0.25) is 0 Å². The minimum atomic E-state index is 0.678. The van der Waals surface area contributed by atoms with Gasteiger partial charge in [-0.2, -0.15) is 0 Å². The standard InChI is InChI=1S/C28H23N3O/c1-32-25-16-8-15-23(18-25)28-30-27-26(19-24(20-29-27)22-13-6-3-7-14-22)31(28)17-9-12-21-10-4-2-5-11-21/h2-16,18-20H,17H2,1H3/b12-9+. The summed E-state index contributed by atoms with van der Waals surface area (Å²) in [5.74, 6) is 1.67. The Kier molecular flexibility index (Phi) is 5.50. The number of pyridine rings is 1. The van der Waals surface area contributed by atoms with Crippen LogP contribution in [0.15, 0.2) is 103 Å². The monoisotopic (exact) mass is 417 g/mol. The molecule has 0 fully saturated rings. The number of benzene rings is 3. The Morgan fingerprint density at radius 3 is 2.34 bits per heavy atom. The summed E-state index contributed by atoms with van der Waals surface area (Å²) in [5, 5.41) is 0. The molecule has 0 N–H and O–H groups in total. The molecule has 156 valence electrons. The Balaban J connectivity index is 1.62. The first-order chi connectivity index (χ1) is 15.8. The van der Waals surface area contributed by atoms with Gasteiger partial charge < -0.3 is 9.30 Å². The maximum Gasteiger partial charge on any atom is 0.178 e. The first-order valence-electron chi connectivity index (χ1n) is 10.6. The number of hydrogen-bond donors (Lipinski definition) is 0. The third-order valence-electron chi connectivity index (χ3n) is 5.44. The van der Waals surface area contributed by atoms with Gasteiger partial charge in [0.15, 0.2) is 5.65 Å². The zero-order valence-electron chi connectivity index (χ0n) is 17.8. The Morgan fingerprint density at radius 1 is 0.812 bits per heavy atom. The molecular formula is C28H23N3O. The van der Waals surface area contributed by atoms with E-state index in [-0.39, 0.29) is 0 Å². The van der Waals surface area contributed by atoms with Crippen molar-refractivity contribution in [2.45, 2.75) is 6.54 Å². The second-order valence-electron chi connectivity index (χ2n) is 7.52. The average Bonchev–Trinajstić information content (AvgIpc) is 3.23. The first-order valence-corrected chi connectivity index (χ1v) is 10.6. The van der Waals surface area contributed by atoms with Crippen molar-refractivity contribution in [2.75, 3.05) is 7.11 Å². The lowest BCUT2D eigenvalue weighted by molar-refractivity contribution is 0.415. The van der Waals surface area contributed by atoms with Gasteiger partial charge in [-0.3, -0.25) is 0 Å². The maximum absolute atomic E-state index is 5.44. The smallest absolute Gasteiger partial charge is 0.178 e. The summed E-state index contributed by atoms with van der Waals surface area (Å²) in [6.07, 6.45) is 6.19. The van der Waals surface area contributed by atoms with E-state index in [1.54, 1.807) is 7.11 Å². The van der Waals surface area contributed by atoms with Crippen LogP contribution in [0, 0.1) is 0 Å². The van der Waals surface area contributed by atoms with E-state index >= 15 is 0 Å². The first kappa shape index (κ1) is 19.8. The van der Waals surface area contributed by atoms with Crippen LogP contribution in [0.3, 0.4) is 0 Å². The molecule has 0 bridgehead atoms. The molecule has 0 saturated carbocycles. The molecular weight excluding hydrogens is 394 g/mol. The molecule has 3 aromatic carbocycles. The number of aromatic nitrogens is 3. The normalized spacial score (nSPS) is 11.3. The van der Waals surface area contributed by atoms with Gasteiger partial charge in [-0.05, 0) is 29.3 Å². The van der Waals surface area contributed by atoms with Gasteiger partial charge in [-0.15, -0.1) is 0 Å². The van der Waals surface area contributed by atoms with Gasteiger partial charge in [0.25, 0.3) is 0 Å². The van der Waals surface area contributed by atoms with Crippen molar-refractivity contribution >= 4 is 17.2 Å². The summed E-state index contributed by atoms with van der Waals surface area (Å²) < 4.78 is 7.65. The van der Waals surface area contributed by atoms with Crippen LogP contribution in [-0.4, -0.2) is 21.6 Å². The zero-order valence-corrected chi connectivity index (χ0v) is 17.8. The molecule has 0 aliphatic carbocycles. The highest BCUT2D eigenvalue weighted by molar-refractivity contribution is 5.82. The summed E-state index contributed by atoms with van der Waals surface area (Å²) in [6, 6.07) is 30.8. The summed E-state index contributed by atoms with van der Waals surface area (Å²) in [5.41, 5.74) is 6.11. The van der Waals surface area contributed by atoms with E-state index in [1.807, 2.05) is 60.8 Å². The highest BCUT2D eigenvalue weighted by atomic mass is 16.5. The summed E-state index contributed by atoms with van der Waals surface area (Å²) in [6.45, 7) is 0.678. The predicted octanol–water partition coefficient (Wildman–Crippen LogP) is 6.49. The lowest BCUT2D eigenvalue weighted by atomic mass is 10.1. The zero-order chi connectivity index (χ0) is 21.8. The van der Waals surface area contributed by atoms with Crippen molar-refractivity contribution in [1.29, 1.82) is 0 Å². The number of hydrogen-bond acceptors (Lipinski definition) is 3. The molecule has 0 atom stereocenters. The number of fused-ring (bicyclic) bond motifs is 1. The number of imidazole rings is 1. The van der Waals surface area contributed by atoms with Gasteiger partial charge in [0.05, 0.1) is 12.6 Å².